The summed E-state index contributed by atoms with van der Waals surface area (Å²) in [5.41, 5.74) is 1.07. The van der Waals surface area contributed by atoms with Crippen LogP contribution in [0.4, 0.5) is 11.4 Å². The molecule has 0 aliphatic carbocycles. The first-order valence-corrected chi connectivity index (χ1v) is 10.0. The highest BCUT2D eigenvalue weighted by atomic mass is 32.1. The van der Waals surface area contributed by atoms with Crippen LogP contribution in [0.3, 0.4) is 0 Å². The van der Waals surface area contributed by atoms with Crippen LogP contribution in [0.15, 0.2) is 60.0 Å². The molecule has 0 spiro atoms. The number of esters is 1. The number of hydrogen-bond donors (Lipinski definition) is 2. The van der Waals surface area contributed by atoms with Gasteiger partial charge in [0, 0.05) is 11.8 Å². The van der Waals surface area contributed by atoms with Crippen LogP contribution < -0.4 is 20.1 Å². The third-order valence-electron chi connectivity index (χ3n) is 4.12. The molecule has 0 fully saturated rings. The van der Waals surface area contributed by atoms with E-state index in [9.17, 15) is 14.4 Å². The number of carbonyl (C=O) groups excluding carboxylic acids is 3. The van der Waals surface area contributed by atoms with Crippen molar-refractivity contribution < 1.29 is 28.6 Å². The predicted molar refractivity (Wildman–Crippen MR) is 117 cm³/mol. The molecule has 1 heterocycles. The van der Waals surface area contributed by atoms with Gasteiger partial charge in [0.2, 0.25) is 0 Å². The maximum atomic E-state index is 12.3. The van der Waals surface area contributed by atoms with Gasteiger partial charge in [-0.25, -0.2) is 4.79 Å². The molecule has 0 saturated carbocycles. The summed E-state index contributed by atoms with van der Waals surface area (Å²) in [6.07, 6.45) is 0. The van der Waals surface area contributed by atoms with Gasteiger partial charge in [-0.2, -0.15) is 0 Å². The third kappa shape index (κ3) is 5.83. The second kappa shape index (κ2) is 10.3. The minimum absolute atomic E-state index is 0.207. The average molecular weight is 440 g/mol. The monoisotopic (exact) mass is 440 g/mol. The molecule has 0 unspecified atom stereocenters. The van der Waals surface area contributed by atoms with Gasteiger partial charge < -0.3 is 24.8 Å². The van der Waals surface area contributed by atoms with Crippen LogP contribution in [-0.2, 0) is 9.53 Å². The summed E-state index contributed by atoms with van der Waals surface area (Å²) < 4.78 is 15.4. The van der Waals surface area contributed by atoms with Gasteiger partial charge in [0.05, 0.1) is 30.3 Å². The number of amides is 2. The summed E-state index contributed by atoms with van der Waals surface area (Å²) in [6, 6.07) is 14.7. The number of hydrogen-bond acceptors (Lipinski definition) is 7. The first-order valence-electron chi connectivity index (χ1n) is 9.14. The molecule has 2 aromatic carbocycles. The Hall–Kier alpha value is -3.85. The lowest BCUT2D eigenvalue weighted by Crippen LogP contribution is -2.21. The number of nitrogens with one attached hydrogen (secondary N) is 2. The molecule has 0 bridgehead atoms. The van der Waals surface area contributed by atoms with Crippen LogP contribution in [0.25, 0.3) is 0 Å². The van der Waals surface area contributed by atoms with Gasteiger partial charge in [0.15, 0.2) is 6.61 Å². The van der Waals surface area contributed by atoms with E-state index in [0.29, 0.717) is 27.8 Å². The molecular weight excluding hydrogens is 420 g/mol. The van der Waals surface area contributed by atoms with Crippen molar-refractivity contribution in [2.24, 2.45) is 0 Å². The lowest BCUT2D eigenvalue weighted by atomic mass is 10.2. The fraction of sp³-hybridized carbons (Fsp3) is 0.136. The number of benzene rings is 2. The quantitative estimate of drug-likeness (QED) is 0.517. The molecule has 31 heavy (non-hydrogen) atoms. The second-order valence-corrected chi connectivity index (χ2v) is 7.15. The zero-order chi connectivity index (χ0) is 22.2. The van der Waals surface area contributed by atoms with Gasteiger partial charge in [0.25, 0.3) is 11.8 Å². The second-order valence-electron chi connectivity index (χ2n) is 6.20. The number of anilines is 2. The summed E-state index contributed by atoms with van der Waals surface area (Å²) in [4.78, 5) is 37.2. The summed E-state index contributed by atoms with van der Waals surface area (Å²) in [5, 5.41) is 7.14. The standard InChI is InChI=1S/C22H20N2O6S/c1-28-16-8-9-17(18(12-16)29-2)24-20(25)13-30-22(27)14-5-3-6-15(11-14)23-21(26)19-7-4-10-31-19/h3-12H,13H2,1-2H3,(H,23,26)(H,24,25). The molecule has 0 atom stereocenters. The Labute approximate surface area is 182 Å². The molecule has 9 heteroatoms. The molecule has 2 N–H and O–H groups in total. The first-order chi connectivity index (χ1) is 15.0. The van der Waals surface area contributed by atoms with E-state index in [-0.39, 0.29) is 11.5 Å². The number of carbonyl (C=O) groups is 3. The van der Waals surface area contributed by atoms with Crippen LogP contribution in [0.1, 0.15) is 20.0 Å². The summed E-state index contributed by atoms with van der Waals surface area (Å²) >= 11 is 1.31. The van der Waals surface area contributed by atoms with Crippen molar-refractivity contribution in [2.45, 2.75) is 0 Å². The molecule has 0 aliphatic heterocycles. The molecule has 3 aromatic rings. The third-order valence-corrected chi connectivity index (χ3v) is 4.99. The van der Waals surface area contributed by atoms with Crippen LogP contribution in [0.5, 0.6) is 11.5 Å². The van der Waals surface area contributed by atoms with Gasteiger partial charge in [-0.3, -0.25) is 9.59 Å². The number of ether oxygens (including phenoxy) is 3. The van der Waals surface area contributed by atoms with E-state index in [4.69, 9.17) is 14.2 Å². The van der Waals surface area contributed by atoms with Crippen molar-refractivity contribution in [3.63, 3.8) is 0 Å². The zero-order valence-electron chi connectivity index (χ0n) is 16.8. The molecule has 1 aromatic heterocycles. The zero-order valence-corrected chi connectivity index (χ0v) is 17.7. The van der Waals surface area contributed by atoms with Gasteiger partial charge in [-0.05, 0) is 41.8 Å². The topological polar surface area (TPSA) is 103 Å². The normalized spacial score (nSPS) is 10.1. The van der Waals surface area contributed by atoms with Crippen molar-refractivity contribution in [1.82, 2.24) is 0 Å². The van der Waals surface area contributed by atoms with Crippen molar-refractivity contribution in [3.05, 3.63) is 70.4 Å². The van der Waals surface area contributed by atoms with Gasteiger partial charge in [-0.1, -0.05) is 12.1 Å². The van der Waals surface area contributed by atoms with Crippen molar-refractivity contribution in [2.75, 3.05) is 31.5 Å². The highest BCUT2D eigenvalue weighted by molar-refractivity contribution is 7.12. The fourth-order valence-corrected chi connectivity index (χ4v) is 3.25. The van der Waals surface area contributed by atoms with E-state index in [1.165, 1.54) is 37.7 Å². The lowest BCUT2D eigenvalue weighted by molar-refractivity contribution is -0.119. The molecule has 3 rings (SSSR count). The Morgan fingerprint density at radius 1 is 0.935 bits per heavy atom. The lowest BCUT2D eigenvalue weighted by Gasteiger charge is -2.12. The Morgan fingerprint density at radius 2 is 1.77 bits per heavy atom. The Kier molecular flexibility index (Phi) is 7.23. The van der Waals surface area contributed by atoms with Crippen molar-refractivity contribution in [1.29, 1.82) is 0 Å². The van der Waals surface area contributed by atoms with Crippen LogP contribution in [0.2, 0.25) is 0 Å². The van der Waals surface area contributed by atoms with Gasteiger partial charge >= 0.3 is 5.97 Å². The molecule has 2 amide bonds. The SMILES string of the molecule is COc1ccc(NC(=O)COC(=O)c2cccc(NC(=O)c3cccs3)c2)c(OC)c1. The predicted octanol–water partition coefficient (Wildman–Crippen LogP) is 3.81. The van der Waals surface area contributed by atoms with Gasteiger partial charge in [0.1, 0.15) is 11.5 Å². The molecule has 0 saturated heterocycles. The van der Waals surface area contributed by atoms with E-state index in [1.807, 2.05) is 0 Å². The molecule has 8 nitrogen and oxygen atoms in total. The minimum Gasteiger partial charge on any atom is -0.497 e. The number of rotatable bonds is 8. The van der Waals surface area contributed by atoms with Crippen LogP contribution in [-0.4, -0.2) is 38.6 Å². The number of thiophene rings is 1. The molecule has 160 valence electrons. The summed E-state index contributed by atoms with van der Waals surface area (Å²) in [6.45, 7) is -0.486. The summed E-state index contributed by atoms with van der Waals surface area (Å²) in [7, 11) is 2.99. The maximum Gasteiger partial charge on any atom is 0.338 e. The first kappa shape index (κ1) is 21.8. The molecule has 0 radical (unpaired) electrons. The van der Waals surface area contributed by atoms with Crippen molar-refractivity contribution in [3.8, 4) is 11.5 Å². The minimum atomic E-state index is -0.691. The number of methoxy groups -OCH3 is 2. The summed E-state index contributed by atoms with van der Waals surface area (Å²) in [5.74, 6) is -0.503. The van der Waals surface area contributed by atoms with E-state index in [1.54, 1.807) is 47.8 Å². The van der Waals surface area contributed by atoms with E-state index in [2.05, 4.69) is 10.6 Å². The average Bonchev–Trinajstić information content (AvgIpc) is 3.33. The van der Waals surface area contributed by atoms with E-state index in [0.717, 1.165) is 0 Å². The highest BCUT2D eigenvalue weighted by Crippen LogP contribution is 2.28. The maximum absolute atomic E-state index is 12.3. The Bertz CT molecular complexity index is 1080. The van der Waals surface area contributed by atoms with E-state index >= 15 is 0 Å². The van der Waals surface area contributed by atoms with Crippen LogP contribution in [0, 0.1) is 0 Å². The van der Waals surface area contributed by atoms with E-state index < -0.39 is 18.5 Å². The largest absolute Gasteiger partial charge is 0.497 e. The Morgan fingerprint density at radius 3 is 2.48 bits per heavy atom. The smallest absolute Gasteiger partial charge is 0.338 e. The van der Waals surface area contributed by atoms with Crippen LogP contribution >= 0.6 is 11.3 Å². The Balaban J connectivity index is 1.57. The van der Waals surface area contributed by atoms with Crippen molar-refractivity contribution >= 4 is 40.5 Å². The van der Waals surface area contributed by atoms with Gasteiger partial charge in [-0.15, -0.1) is 11.3 Å². The fourth-order valence-electron chi connectivity index (χ4n) is 2.63. The molecule has 0 aliphatic rings. The highest BCUT2D eigenvalue weighted by Gasteiger charge is 2.14. The molecular formula is C22H20N2O6S.